The number of rotatable bonds is 3. The van der Waals surface area contributed by atoms with Crippen LogP contribution in [0, 0.1) is 0 Å². The molecule has 2 heterocycles. The number of aromatic nitrogens is 2. The summed E-state index contributed by atoms with van der Waals surface area (Å²) in [5, 5.41) is 12.7. The number of nitrogens with zero attached hydrogens (tertiary/aromatic N) is 2. The minimum atomic E-state index is 1.16. The molecule has 0 atom stereocenters. The van der Waals surface area contributed by atoms with Gasteiger partial charge in [-0.2, -0.15) is 0 Å². The van der Waals surface area contributed by atoms with E-state index in [0.29, 0.717) is 0 Å². The lowest BCUT2D eigenvalue weighted by Crippen LogP contribution is -1.97. The summed E-state index contributed by atoms with van der Waals surface area (Å²) in [6, 6.07) is 71.9. The van der Waals surface area contributed by atoms with Gasteiger partial charge in [0, 0.05) is 38.0 Å². The van der Waals surface area contributed by atoms with E-state index >= 15 is 0 Å². The van der Waals surface area contributed by atoms with Crippen LogP contribution < -0.4 is 0 Å². The minimum absolute atomic E-state index is 1.16. The molecule has 0 amide bonds. The Labute approximate surface area is 322 Å². The molecule has 1 aliphatic carbocycles. The molecule has 13 rings (SSSR count). The molecule has 1 aliphatic rings. The van der Waals surface area contributed by atoms with Gasteiger partial charge in [0.1, 0.15) is 0 Å². The van der Waals surface area contributed by atoms with Gasteiger partial charge in [-0.1, -0.05) is 164 Å². The van der Waals surface area contributed by atoms with Crippen molar-refractivity contribution in [2.45, 2.75) is 0 Å². The summed E-state index contributed by atoms with van der Waals surface area (Å²) in [6.45, 7) is 0. The van der Waals surface area contributed by atoms with Gasteiger partial charge in [-0.05, 0) is 85.3 Å². The first-order valence-electron chi connectivity index (χ1n) is 19.4. The van der Waals surface area contributed by atoms with E-state index < -0.39 is 0 Å². The molecule has 0 fully saturated rings. The molecule has 0 unspecified atom stereocenters. The number of benzene rings is 10. The first-order valence-corrected chi connectivity index (χ1v) is 19.4. The van der Waals surface area contributed by atoms with Crippen LogP contribution in [0.15, 0.2) is 194 Å². The molecule has 56 heavy (non-hydrogen) atoms. The van der Waals surface area contributed by atoms with E-state index in [1.165, 1.54) is 115 Å². The second kappa shape index (κ2) is 11.1. The lowest BCUT2D eigenvalue weighted by atomic mass is 9.91. The molecule has 10 aromatic carbocycles. The number of fused-ring (bicyclic) bond motifs is 13. The van der Waals surface area contributed by atoms with Gasteiger partial charge in [-0.25, -0.2) is 0 Å². The molecule has 0 N–H and O–H groups in total. The number of para-hydroxylation sites is 2. The fourth-order valence-corrected chi connectivity index (χ4v) is 10.2. The Morgan fingerprint density at radius 3 is 1.70 bits per heavy atom. The van der Waals surface area contributed by atoms with Crippen molar-refractivity contribution in [2.24, 2.45) is 0 Å². The second-order valence-corrected chi connectivity index (χ2v) is 15.2. The smallest absolute Gasteiger partial charge is 0.0641 e. The Kier molecular flexibility index (Phi) is 5.92. The Bertz CT molecular complexity index is 3610. The molecule has 2 nitrogen and oxygen atoms in total. The largest absolute Gasteiger partial charge is 0.309 e. The van der Waals surface area contributed by atoms with Gasteiger partial charge in [0.05, 0.1) is 27.8 Å². The van der Waals surface area contributed by atoms with Gasteiger partial charge in [0.15, 0.2) is 0 Å². The Morgan fingerprint density at radius 1 is 0.250 bits per heavy atom. The van der Waals surface area contributed by atoms with Crippen LogP contribution in [0.1, 0.15) is 0 Å². The van der Waals surface area contributed by atoms with Crippen molar-refractivity contribution in [2.75, 3.05) is 0 Å². The normalized spacial score (nSPS) is 12.3. The first kappa shape index (κ1) is 30.0. The zero-order chi connectivity index (χ0) is 36.5. The molecular formula is C54H32N2. The van der Waals surface area contributed by atoms with Crippen molar-refractivity contribution in [1.82, 2.24) is 9.13 Å². The molecule has 0 radical (unpaired) electrons. The third-order valence-corrected chi connectivity index (χ3v) is 12.4. The summed E-state index contributed by atoms with van der Waals surface area (Å²) in [5.74, 6) is 0. The summed E-state index contributed by atoms with van der Waals surface area (Å²) in [7, 11) is 0. The maximum atomic E-state index is 2.52. The molecule has 0 saturated heterocycles. The fourth-order valence-electron chi connectivity index (χ4n) is 10.2. The highest BCUT2D eigenvalue weighted by Gasteiger charge is 2.25. The van der Waals surface area contributed by atoms with Crippen LogP contribution in [-0.4, -0.2) is 9.13 Å². The maximum absolute atomic E-state index is 2.52. The van der Waals surface area contributed by atoms with Crippen LogP contribution in [0.3, 0.4) is 0 Å². The summed E-state index contributed by atoms with van der Waals surface area (Å²) >= 11 is 0. The van der Waals surface area contributed by atoms with Gasteiger partial charge in [0.25, 0.3) is 0 Å². The predicted molar refractivity (Wildman–Crippen MR) is 238 cm³/mol. The van der Waals surface area contributed by atoms with E-state index in [1.54, 1.807) is 0 Å². The summed E-state index contributed by atoms with van der Waals surface area (Å²) in [4.78, 5) is 0. The van der Waals surface area contributed by atoms with Crippen molar-refractivity contribution in [3.8, 4) is 44.8 Å². The van der Waals surface area contributed by atoms with E-state index in [0.717, 1.165) is 5.69 Å². The average Bonchev–Trinajstić information content (AvgIpc) is 3.91. The molecule has 258 valence electrons. The standard InChI is InChI=1S/C54H32N2/c1-2-14-34(15-3-1)55-53-35-16-5-4-13-33(35)25-26-45(53)46-30-32-50-52(54(46)55)47-21-10-11-24-48(47)56(50)49-31-29-39(36-17-8-9-20-41(36)49)40-27-28-44-38-19-7-6-18-37(38)42-22-12-23-43(40)51(42)44/h1-32H. The van der Waals surface area contributed by atoms with Crippen LogP contribution in [-0.2, 0) is 0 Å². The topological polar surface area (TPSA) is 9.86 Å². The van der Waals surface area contributed by atoms with Crippen LogP contribution in [0.5, 0.6) is 0 Å². The SMILES string of the molecule is c1ccc(-n2c3c4ccccc4ccc3c3ccc4c(c5ccccc5n4-c4ccc(-c5ccc6c7c(cccc57)-c5ccccc5-6)c5ccccc45)c32)cc1. The van der Waals surface area contributed by atoms with E-state index in [9.17, 15) is 0 Å². The zero-order valence-corrected chi connectivity index (χ0v) is 30.4. The van der Waals surface area contributed by atoms with Crippen LogP contribution in [0.25, 0.3) is 121 Å². The Hall–Kier alpha value is -7.42. The summed E-state index contributed by atoms with van der Waals surface area (Å²) < 4.78 is 5.02. The molecule has 0 aliphatic heterocycles. The van der Waals surface area contributed by atoms with Crippen molar-refractivity contribution in [1.29, 1.82) is 0 Å². The molecule has 2 heteroatoms. The highest BCUT2D eigenvalue weighted by atomic mass is 15.0. The highest BCUT2D eigenvalue weighted by Crippen LogP contribution is 2.50. The molecule has 0 spiro atoms. The van der Waals surface area contributed by atoms with E-state index in [1.807, 2.05) is 0 Å². The minimum Gasteiger partial charge on any atom is -0.309 e. The molecule has 0 bridgehead atoms. The van der Waals surface area contributed by atoms with Gasteiger partial charge < -0.3 is 9.13 Å². The maximum Gasteiger partial charge on any atom is 0.0641 e. The van der Waals surface area contributed by atoms with Gasteiger partial charge >= 0.3 is 0 Å². The third kappa shape index (κ3) is 3.85. The number of hydrogen-bond donors (Lipinski definition) is 0. The van der Waals surface area contributed by atoms with Crippen molar-refractivity contribution < 1.29 is 0 Å². The zero-order valence-electron chi connectivity index (χ0n) is 30.4. The predicted octanol–water partition coefficient (Wildman–Crippen LogP) is 14.7. The van der Waals surface area contributed by atoms with E-state index in [2.05, 4.69) is 203 Å². The van der Waals surface area contributed by atoms with Crippen molar-refractivity contribution >= 4 is 75.9 Å². The van der Waals surface area contributed by atoms with Gasteiger partial charge in [0.2, 0.25) is 0 Å². The third-order valence-electron chi connectivity index (χ3n) is 12.4. The molecule has 2 aromatic heterocycles. The fraction of sp³-hybridized carbons (Fsp3) is 0. The van der Waals surface area contributed by atoms with Crippen molar-refractivity contribution in [3.63, 3.8) is 0 Å². The monoisotopic (exact) mass is 708 g/mol. The van der Waals surface area contributed by atoms with Crippen LogP contribution in [0.2, 0.25) is 0 Å². The Balaban J connectivity index is 1.12. The van der Waals surface area contributed by atoms with E-state index in [-0.39, 0.29) is 0 Å². The van der Waals surface area contributed by atoms with Crippen LogP contribution >= 0.6 is 0 Å². The quantitative estimate of drug-likeness (QED) is 0.173. The van der Waals surface area contributed by atoms with E-state index in [4.69, 9.17) is 0 Å². The average molecular weight is 709 g/mol. The van der Waals surface area contributed by atoms with Gasteiger partial charge in [-0.15, -0.1) is 0 Å². The molecule has 12 aromatic rings. The molecular weight excluding hydrogens is 677 g/mol. The number of hydrogen-bond acceptors (Lipinski definition) is 0. The lowest BCUT2D eigenvalue weighted by Gasteiger charge is -2.16. The summed E-state index contributed by atoms with van der Waals surface area (Å²) in [6.07, 6.45) is 0. The van der Waals surface area contributed by atoms with Crippen LogP contribution in [0.4, 0.5) is 0 Å². The second-order valence-electron chi connectivity index (χ2n) is 15.2. The van der Waals surface area contributed by atoms with Crippen molar-refractivity contribution in [3.05, 3.63) is 194 Å². The van der Waals surface area contributed by atoms with Gasteiger partial charge in [-0.3, -0.25) is 0 Å². The highest BCUT2D eigenvalue weighted by molar-refractivity contribution is 6.29. The summed E-state index contributed by atoms with van der Waals surface area (Å²) in [5.41, 5.74) is 15.1. The Morgan fingerprint density at radius 2 is 0.839 bits per heavy atom. The first-order chi connectivity index (χ1) is 27.8. The molecule has 0 saturated carbocycles. The lowest BCUT2D eigenvalue weighted by molar-refractivity contribution is 1.19.